The SMILES string of the molecule is CCOC(=O)c1cc(C)nn1-c1cccc(CNC(=O)c2ccccc2)c1. The molecular weight excluding hydrogens is 342 g/mol. The van der Waals surface area contributed by atoms with Crippen LogP contribution in [0.5, 0.6) is 0 Å². The van der Waals surface area contributed by atoms with E-state index in [1.807, 2.05) is 49.4 Å². The number of hydrogen-bond donors (Lipinski definition) is 1. The van der Waals surface area contributed by atoms with Crippen LogP contribution in [0.1, 0.15) is 39.0 Å². The van der Waals surface area contributed by atoms with Crippen molar-refractivity contribution in [2.45, 2.75) is 20.4 Å². The Bertz CT molecular complexity index is 948. The molecule has 0 saturated heterocycles. The molecule has 6 nitrogen and oxygen atoms in total. The topological polar surface area (TPSA) is 73.2 Å². The van der Waals surface area contributed by atoms with Gasteiger partial charge < -0.3 is 10.1 Å². The van der Waals surface area contributed by atoms with Gasteiger partial charge in [-0.1, -0.05) is 30.3 Å². The van der Waals surface area contributed by atoms with Gasteiger partial charge in [0.1, 0.15) is 0 Å². The van der Waals surface area contributed by atoms with E-state index in [1.54, 1.807) is 29.8 Å². The molecule has 1 amide bonds. The molecule has 0 aliphatic rings. The van der Waals surface area contributed by atoms with Gasteiger partial charge in [-0.25, -0.2) is 9.48 Å². The lowest BCUT2D eigenvalue weighted by Gasteiger charge is -2.10. The lowest BCUT2D eigenvalue weighted by molar-refractivity contribution is 0.0515. The van der Waals surface area contributed by atoms with Gasteiger partial charge in [0.05, 0.1) is 18.0 Å². The molecule has 3 rings (SSSR count). The average molecular weight is 363 g/mol. The summed E-state index contributed by atoms with van der Waals surface area (Å²) in [6.07, 6.45) is 0. The van der Waals surface area contributed by atoms with Crippen LogP contribution in [-0.4, -0.2) is 28.3 Å². The Morgan fingerprint density at radius 3 is 2.59 bits per heavy atom. The number of esters is 1. The van der Waals surface area contributed by atoms with Crippen LogP contribution in [-0.2, 0) is 11.3 Å². The van der Waals surface area contributed by atoms with Crippen molar-refractivity contribution in [1.29, 1.82) is 0 Å². The summed E-state index contributed by atoms with van der Waals surface area (Å²) in [6, 6.07) is 18.3. The fourth-order valence-corrected chi connectivity index (χ4v) is 2.72. The van der Waals surface area contributed by atoms with Gasteiger partial charge >= 0.3 is 5.97 Å². The highest BCUT2D eigenvalue weighted by Gasteiger charge is 2.16. The number of nitrogens with zero attached hydrogens (tertiary/aromatic N) is 2. The van der Waals surface area contributed by atoms with Crippen molar-refractivity contribution in [2.24, 2.45) is 0 Å². The predicted octanol–water partition coefficient (Wildman–Crippen LogP) is 3.29. The van der Waals surface area contributed by atoms with E-state index >= 15 is 0 Å². The molecule has 1 aromatic heterocycles. The van der Waals surface area contributed by atoms with Crippen LogP contribution in [0.2, 0.25) is 0 Å². The van der Waals surface area contributed by atoms with E-state index in [0.29, 0.717) is 24.4 Å². The predicted molar refractivity (Wildman–Crippen MR) is 102 cm³/mol. The fraction of sp³-hybridized carbons (Fsp3) is 0.190. The standard InChI is InChI=1S/C21H21N3O3/c1-3-27-21(26)19-12-15(2)23-24(19)18-11-7-8-16(13-18)14-22-20(25)17-9-5-4-6-10-17/h4-13H,3,14H2,1-2H3,(H,22,25). The molecular formula is C21H21N3O3. The van der Waals surface area contributed by atoms with Gasteiger partial charge in [0.2, 0.25) is 0 Å². The highest BCUT2D eigenvalue weighted by atomic mass is 16.5. The number of benzene rings is 2. The van der Waals surface area contributed by atoms with E-state index in [-0.39, 0.29) is 5.91 Å². The number of hydrogen-bond acceptors (Lipinski definition) is 4. The highest BCUT2D eigenvalue weighted by Crippen LogP contribution is 2.15. The summed E-state index contributed by atoms with van der Waals surface area (Å²) in [5, 5.41) is 7.29. The Balaban J connectivity index is 1.78. The molecule has 1 N–H and O–H groups in total. The first-order valence-electron chi connectivity index (χ1n) is 8.75. The summed E-state index contributed by atoms with van der Waals surface area (Å²) in [5.74, 6) is -0.552. The Morgan fingerprint density at radius 2 is 1.85 bits per heavy atom. The quantitative estimate of drug-likeness (QED) is 0.682. The van der Waals surface area contributed by atoms with Crippen LogP contribution in [0, 0.1) is 6.92 Å². The van der Waals surface area contributed by atoms with Crippen molar-refractivity contribution in [3.8, 4) is 5.69 Å². The zero-order chi connectivity index (χ0) is 19.2. The second-order valence-electron chi connectivity index (χ2n) is 6.02. The Labute approximate surface area is 157 Å². The number of rotatable bonds is 6. The molecule has 1 heterocycles. The maximum Gasteiger partial charge on any atom is 0.357 e. The molecule has 0 unspecified atom stereocenters. The van der Waals surface area contributed by atoms with Crippen molar-refractivity contribution in [1.82, 2.24) is 15.1 Å². The van der Waals surface area contributed by atoms with Crippen LogP contribution >= 0.6 is 0 Å². The number of carbonyl (C=O) groups is 2. The van der Waals surface area contributed by atoms with E-state index in [4.69, 9.17) is 4.74 Å². The number of carbonyl (C=O) groups excluding carboxylic acids is 2. The van der Waals surface area contributed by atoms with E-state index in [9.17, 15) is 9.59 Å². The van der Waals surface area contributed by atoms with Crippen LogP contribution < -0.4 is 5.32 Å². The average Bonchev–Trinajstić information content (AvgIpc) is 3.09. The smallest absolute Gasteiger partial charge is 0.357 e. The van der Waals surface area contributed by atoms with Crippen LogP contribution in [0.4, 0.5) is 0 Å². The molecule has 0 saturated carbocycles. The lowest BCUT2D eigenvalue weighted by Crippen LogP contribution is -2.22. The number of ether oxygens (including phenoxy) is 1. The molecule has 0 aliphatic heterocycles. The minimum Gasteiger partial charge on any atom is -0.461 e. The summed E-state index contributed by atoms with van der Waals surface area (Å²) in [7, 11) is 0. The largest absolute Gasteiger partial charge is 0.461 e. The van der Waals surface area contributed by atoms with Crippen LogP contribution in [0.3, 0.4) is 0 Å². The first-order chi connectivity index (χ1) is 13.1. The summed E-state index contributed by atoms with van der Waals surface area (Å²) in [6.45, 7) is 4.26. The number of aromatic nitrogens is 2. The minimum absolute atomic E-state index is 0.136. The van der Waals surface area contributed by atoms with Gasteiger partial charge in [0, 0.05) is 12.1 Å². The third-order valence-corrected chi connectivity index (χ3v) is 3.96. The molecule has 0 fully saturated rings. The number of aryl methyl sites for hydroxylation is 1. The third kappa shape index (κ3) is 4.41. The van der Waals surface area contributed by atoms with Gasteiger partial charge in [0.25, 0.3) is 5.91 Å². The zero-order valence-corrected chi connectivity index (χ0v) is 15.3. The second kappa shape index (κ2) is 8.31. The van der Waals surface area contributed by atoms with Gasteiger partial charge in [-0.15, -0.1) is 0 Å². The fourth-order valence-electron chi connectivity index (χ4n) is 2.72. The molecule has 0 spiro atoms. The van der Waals surface area contributed by atoms with E-state index < -0.39 is 5.97 Å². The molecule has 0 aliphatic carbocycles. The maximum atomic E-state index is 12.2. The van der Waals surface area contributed by atoms with E-state index in [0.717, 1.165) is 16.9 Å². The van der Waals surface area contributed by atoms with Gasteiger partial charge in [-0.3, -0.25) is 4.79 Å². The van der Waals surface area contributed by atoms with Gasteiger partial charge in [-0.2, -0.15) is 5.10 Å². The van der Waals surface area contributed by atoms with Crippen molar-refractivity contribution >= 4 is 11.9 Å². The van der Waals surface area contributed by atoms with E-state index in [1.165, 1.54) is 0 Å². The summed E-state index contributed by atoms with van der Waals surface area (Å²) >= 11 is 0. The van der Waals surface area contributed by atoms with Crippen molar-refractivity contribution in [3.05, 3.63) is 83.2 Å². The first kappa shape index (κ1) is 18.4. The zero-order valence-electron chi connectivity index (χ0n) is 15.3. The Morgan fingerprint density at radius 1 is 1.07 bits per heavy atom. The second-order valence-corrected chi connectivity index (χ2v) is 6.02. The third-order valence-electron chi connectivity index (χ3n) is 3.96. The molecule has 3 aromatic rings. The van der Waals surface area contributed by atoms with Gasteiger partial charge in [0.15, 0.2) is 5.69 Å². The number of nitrogens with one attached hydrogen (secondary N) is 1. The molecule has 0 bridgehead atoms. The minimum atomic E-state index is -0.416. The highest BCUT2D eigenvalue weighted by molar-refractivity contribution is 5.94. The maximum absolute atomic E-state index is 12.2. The summed E-state index contributed by atoms with van der Waals surface area (Å²) in [5.41, 5.74) is 3.35. The molecule has 138 valence electrons. The molecule has 0 radical (unpaired) electrons. The lowest BCUT2D eigenvalue weighted by atomic mass is 10.1. The number of amides is 1. The Kier molecular flexibility index (Phi) is 5.66. The van der Waals surface area contributed by atoms with Crippen molar-refractivity contribution in [3.63, 3.8) is 0 Å². The van der Waals surface area contributed by atoms with Crippen molar-refractivity contribution in [2.75, 3.05) is 6.61 Å². The van der Waals surface area contributed by atoms with Crippen LogP contribution in [0.15, 0.2) is 60.7 Å². The summed E-state index contributed by atoms with van der Waals surface area (Å²) < 4.78 is 6.67. The molecule has 6 heteroatoms. The summed E-state index contributed by atoms with van der Waals surface area (Å²) in [4.78, 5) is 24.4. The Hall–Kier alpha value is -3.41. The van der Waals surface area contributed by atoms with E-state index in [2.05, 4.69) is 10.4 Å². The van der Waals surface area contributed by atoms with Gasteiger partial charge in [-0.05, 0) is 49.7 Å². The first-order valence-corrected chi connectivity index (χ1v) is 8.75. The normalized spacial score (nSPS) is 10.4. The van der Waals surface area contributed by atoms with Crippen molar-refractivity contribution < 1.29 is 14.3 Å². The van der Waals surface area contributed by atoms with Crippen LogP contribution in [0.25, 0.3) is 5.69 Å². The molecule has 2 aromatic carbocycles. The molecule has 0 atom stereocenters. The molecule has 27 heavy (non-hydrogen) atoms. The monoisotopic (exact) mass is 363 g/mol.